The SMILES string of the molecule is CC(C)(C)OC(=O)N1Cc2nc(-c3c(F)cccc3C#N)cc(-n3ccc(N4CCC5(CCNC5=O)C4)n3)c2C1=O. The smallest absolute Gasteiger partial charge is 0.417 e. The molecule has 2 fully saturated rings. The highest BCUT2D eigenvalue weighted by atomic mass is 19.1. The number of amides is 3. The van der Waals surface area contributed by atoms with Crippen molar-refractivity contribution in [3.05, 3.63) is 59.2 Å². The van der Waals surface area contributed by atoms with Crippen molar-refractivity contribution in [2.24, 2.45) is 5.41 Å². The van der Waals surface area contributed by atoms with E-state index >= 15 is 4.39 Å². The van der Waals surface area contributed by atoms with Crippen LogP contribution in [0, 0.1) is 22.6 Å². The molecule has 2 saturated heterocycles. The Morgan fingerprint density at radius 2 is 2.00 bits per heavy atom. The highest BCUT2D eigenvalue weighted by Crippen LogP contribution is 2.39. The largest absolute Gasteiger partial charge is 0.443 e. The third kappa shape index (κ3) is 4.47. The number of hydrogen-bond donors (Lipinski definition) is 1. The first kappa shape index (κ1) is 26.4. The molecular formula is C29H28FN7O4. The van der Waals surface area contributed by atoms with Gasteiger partial charge in [0, 0.05) is 31.9 Å². The van der Waals surface area contributed by atoms with Crippen molar-refractivity contribution in [2.45, 2.75) is 45.8 Å². The molecule has 3 aliphatic heterocycles. The predicted molar refractivity (Wildman–Crippen MR) is 144 cm³/mol. The predicted octanol–water partition coefficient (Wildman–Crippen LogP) is 3.55. The third-order valence-electron chi connectivity index (χ3n) is 7.71. The van der Waals surface area contributed by atoms with E-state index in [-0.39, 0.29) is 46.2 Å². The Morgan fingerprint density at radius 3 is 2.71 bits per heavy atom. The topological polar surface area (TPSA) is 133 Å². The van der Waals surface area contributed by atoms with Crippen molar-refractivity contribution in [3.63, 3.8) is 0 Å². The van der Waals surface area contributed by atoms with Gasteiger partial charge in [-0.1, -0.05) is 6.07 Å². The second kappa shape index (κ2) is 9.40. The van der Waals surface area contributed by atoms with E-state index in [9.17, 15) is 19.6 Å². The number of carbonyl (C=O) groups is 3. The first-order valence-electron chi connectivity index (χ1n) is 13.4. The summed E-state index contributed by atoms with van der Waals surface area (Å²) in [5, 5.41) is 17.3. The van der Waals surface area contributed by atoms with E-state index in [1.165, 1.54) is 28.9 Å². The van der Waals surface area contributed by atoms with Gasteiger partial charge in [0.1, 0.15) is 11.4 Å². The van der Waals surface area contributed by atoms with Crippen LogP contribution in [-0.4, -0.2) is 62.8 Å². The maximum atomic E-state index is 15.1. The summed E-state index contributed by atoms with van der Waals surface area (Å²) in [5.74, 6) is -0.583. The molecule has 5 heterocycles. The fourth-order valence-corrected chi connectivity index (χ4v) is 5.73. The van der Waals surface area contributed by atoms with Crippen LogP contribution in [0.25, 0.3) is 16.9 Å². The Hall–Kier alpha value is -4.79. The van der Waals surface area contributed by atoms with E-state index in [4.69, 9.17) is 9.84 Å². The Morgan fingerprint density at radius 1 is 1.20 bits per heavy atom. The molecule has 1 atom stereocenters. The first-order chi connectivity index (χ1) is 19.5. The van der Waals surface area contributed by atoms with Gasteiger partial charge in [-0.3, -0.25) is 9.59 Å². The number of imide groups is 1. The van der Waals surface area contributed by atoms with Crippen LogP contribution in [0.4, 0.5) is 15.0 Å². The Balaban J connectivity index is 1.43. The average molecular weight is 558 g/mol. The van der Waals surface area contributed by atoms with Crippen molar-refractivity contribution in [2.75, 3.05) is 24.5 Å². The second-order valence-corrected chi connectivity index (χ2v) is 11.6. The number of pyridine rings is 1. The molecule has 0 bridgehead atoms. The van der Waals surface area contributed by atoms with Gasteiger partial charge in [-0.05, 0) is 51.8 Å². The zero-order valence-corrected chi connectivity index (χ0v) is 22.9. The van der Waals surface area contributed by atoms with Crippen LogP contribution in [0.2, 0.25) is 0 Å². The minimum atomic E-state index is -0.831. The fourth-order valence-electron chi connectivity index (χ4n) is 5.73. The van der Waals surface area contributed by atoms with Crippen molar-refractivity contribution in [1.82, 2.24) is 25.0 Å². The monoisotopic (exact) mass is 557 g/mol. The third-order valence-corrected chi connectivity index (χ3v) is 7.71. The molecule has 11 nitrogen and oxygen atoms in total. The number of fused-ring (bicyclic) bond motifs is 1. The van der Waals surface area contributed by atoms with E-state index in [1.54, 1.807) is 33.0 Å². The van der Waals surface area contributed by atoms with Gasteiger partial charge in [-0.25, -0.2) is 23.8 Å². The summed E-state index contributed by atoms with van der Waals surface area (Å²) in [7, 11) is 0. The molecule has 0 saturated carbocycles. The molecule has 3 aliphatic rings. The summed E-state index contributed by atoms with van der Waals surface area (Å²) < 4.78 is 22.0. The van der Waals surface area contributed by atoms with Crippen LogP contribution in [-0.2, 0) is 16.1 Å². The van der Waals surface area contributed by atoms with E-state index in [1.807, 2.05) is 11.0 Å². The van der Waals surface area contributed by atoms with Crippen molar-refractivity contribution in [3.8, 4) is 23.0 Å². The second-order valence-electron chi connectivity index (χ2n) is 11.6. The van der Waals surface area contributed by atoms with Crippen LogP contribution in [0.1, 0.15) is 55.2 Å². The summed E-state index contributed by atoms with van der Waals surface area (Å²) >= 11 is 0. The van der Waals surface area contributed by atoms with Gasteiger partial charge in [0.05, 0.1) is 51.8 Å². The van der Waals surface area contributed by atoms with Gasteiger partial charge < -0.3 is 15.0 Å². The Labute approximate surface area is 235 Å². The molecular weight excluding hydrogens is 529 g/mol. The standard InChI is InChI=1S/C29H28FN7O4/c1-28(2,3)41-27(40)36-15-20-24(25(36)38)21(13-19(33-20)23-17(14-31)5-4-6-18(23)30)37-11-7-22(34-37)35-12-9-29(16-35)8-10-32-26(29)39/h4-7,11,13H,8-10,12,15-16H2,1-3H3,(H,32,39). The lowest BCUT2D eigenvalue weighted by Gasteiger charge is -2.23. The molecule has 3 aromatic rings. The molecule has 210 valence electrons. The zero-order valence-electron chi connectivity index (χ0n) is 22.9. The Kier molecular flexibility index (Phi) is 6.06. The maximum Gasteiger partial charge on any atom is 0.417 e. The normalized spacial score (nSPS) is 20.0. The van der Waals surface area contributed by atoms with Gasteiger partial charge in [-0.2, -0.15) is 10.4 Å². The summed E-state index contributed by atoms with van der Waals surface area (Å²) in [6.45, 7) is 6.75. The highest BCUT2D eigenvalue weighted by molar-refractivity contribution is 6.08. The van der Waals surface area contributed by atoms with Crippen LogP contribution >= 0.6 is 0 Å². The van der Waals surface area contributed by atoms with Crippen molar-refractivity contribution >= 4 is 23.7 Å². The lowest BCUT2D eigenvalue weighted by molar-refractivity contribution is -0.126. The molecule has 0 radical (unpaired) electrons. The molecule has 0 aliphatic carbocycles. The fraction of sp³-hybridized carbons (Fsp3) is 0.379. The van der Waals surface area contributed by atoms with Crippen LogP contribution in [0.3, 0.4) is 0 Å². The Bertz CT molecular complexity index is 1650. The highest BCUT2D eigenvalue weighted by Gasteiger charge is 2.48. The molecule has 12 heteroatoms. The van der Waals surface area contributed by atoms with Gasteiger partial charge in [0.15, 0.2) is 5.82 Å². The summed E-state index contributed by atoms with van der Waals surface area (Å²) in [4.78, 5) is 46.5. The molecule has 1 spiro atoms. The molecule has 1 aromatic carbocycles. The number of anilines is 1. The van der Waals surface area contributed by atoms with Crippen LogP contribution in [0.15, 0.2) is 36.5 Å². The van der Waals surface area contributed by atoms with Crippen LogP contribution < -0.4 is 10.2 Å². The summed E-state index contributed by atoms with van der Waals surface area (Å²) in [6, 6.07) is 9.44. The van der Waals surface area contributed by atoms with Gasteiger partial charge in [-0.15, -0.1) is 0 Å². The average Bonchev–Trinajstić information content (AvgIpc) is 3.70. The number of aromatic nitrogens is 3. The number of hydrogen-bond acceptors (Lipinski definition) is 8. The molecule has 1 N–H and O–H groups in total. The van der Waals surface area contributed by atoms with E-state index in [0.717, 1.165) is 11.3 Å². The number of carbonyl (C=O) groups excluding carboxylic acids is 3. The molecule has 1 unspecified atom stereocenters. The minimum Gasteiger partial charge on any atom is -0.443 e. The number of benzene rings is 1. The quantitative estimate of drug-likeness (QED) is 0.517. The zero-order chi connectivity index (χ0) is 29.1. The summed E-state index contributed by atoms with van der Waals surface area (Å²) in [5.41, 5.74) is -0.408. The number of nitrogens with one attached hydrogen (secondary N) is 1. The van der Waals surface area contributed by atoms with Gasteiger partial charge >= 0.3 is 6.09 Å². The van der Waals surface area contributed by atoms with E-state index in [0.29, 0.717) is 31.9 Å². The number of nitriles is 1. The van der Waals surface area contributed by atoms with Crippen molar-refractivity contribution in [1.29, 1.82) is 5.26 Å². The molecule has 41 heavy (non-hydrogen) atoms. The van der Waals surface area contributed by atoms with Gasteiger partial charge in [0.25, 0.3) is 5.91 Å². The van der Waals surface area contributed by atoms with Crippen molar-refractivity contribution < 1.29 is 23.5 Å². The van der Waals surface area contributed by atoms with E-state index < -0.39 is 28.8 Å². The summed E-state index contributed by atoms with van der Waals surface area (Å²) in [6.07, 6.45) is 2.33. The number of halogens is 1. The molecule has 3 amide bonds. The lowest BCUT2D eigenvalue weighted by atomic mass is 9.86. The maximum absolute atomic E-state index is 15.1. The number of rotatable bonds is 3. The number of nitrogens with zero attached hydrogens (tertiary/aromatic N) is 6. The lowest BCUT2D eigenvalue weighted by Crippen LogP contribution is -2.37. The van der Waals surface area contributed by atoms with E-state index in [2.05, 4.69) is 10.3 Å². The number of ether oxygens (including phenoxy) is 1. The minimum absolute atomic E-state index is 0.0108. The molecule has 2 aromatic heterocycles. The van der Waals surface area contributed by atoms with Crippen LogP contribution in [0.5, 0.6) is 0 Å². The molecule has 6 rings (SSSR count). The van der Waals surface area contributed by atoms with Gasteiger partial charge in [0.2, 0.25) is 5.91 Å². The first-order valence-corrected chi connectivity index (χ1v) is 13.4.